The zero-order chi connectivity index (χ0) is 19.5. The first kappa shape index (κ1) is 18.3. The predicted octanol–water partition coefficient (Wildman–Crippen LogP) is 1.30. The van der Waals surface area contributed by atoms with Gasteiger partial charge in [-0.3, -0.25) is 4.79 Å². The van der Waals surface area contributed by atoms with E-state index in [1.54, 1.807) is 23.0 Å². The molecule has 146 valence electrons. The molecule has 1 amide bonds. The van der Waals surface area contributed by atoms with Crippen LogP contribution in [0.1, 0.15) is 11.1 Å². The second kappa shape index (κ2) is 7.89. The number of hydrogen-bond donors (Lipinski definition) is 0. The molecule has 0 radical (unpaired) electrons. The van der Waals surface area contributed by atoms with Gasteiger partial charge in [-0.1, -0.05) is 12.1 Å². The van der Waals surface area contributed by atoms with Crippen molar-refractivity contribution in [1.29, 1.82) is 0 Å². The Morgan fingerprint density at radius 2 is 2.00 bits per heavy atom. The second-order valence-corrected chi connectivity index (χ2v) is 6.73. The maximum absolute atomic E-state index is 13.7. The van der Waals surface area contributed by atoms with Crippen LogP contribution in [0.5, 0.6) is 0 Å². The largest absolute Gasteiger partial charge is 0.380 e. The summed E-state index contributed by atoms with van der Waals surface area (Å²) in [5.74, 6) is 0.559. The van der Waals surface area contributed by atoms with Crippen LogP contribution in [-0.4, -0.2) is 63.9 Å². The molecule has 8 nitrogen and oxygen atoms in total. The minimum Gasteiger partial charge on any atom is -0.380 e. The van der Waals surface area contributed by atoms with Crippen molar-refractivity contribution in [3.8, 4) is 0 Å². The molecular weight excluding hydrogens is 363 g/mol. The molecule has 1 fully saturated rings. The lowest BCUT2D eigenvalue weighted by Crippen LogP contribution is -2.49. The Morgan fingerprint density at radius 1 is 1.18 bits per heavy atom. The van der Waals surface area contributed by atoms with E-state index in [-0.39, 0.29) is 24.8 Å². The van der Waals surface area contributed by atoms with Crippen molar-refractivity contribution in [2.24, 2.45) is 0 Å². The van der Waals surface area contributed by atoms with Crippen LogP contribution in [0.15, 0.2) is 36.7 Å². The standard InChI is InChI=1S/C19H21FN6O2/c1-28-12-15-10-14(2-3-16(15)20)11-19(27)25-8-6-24(7-9-25)18-5-4-17-22-21-13-26(17)23-18/h2-5,10,13H,6-9,11-12H2,1H3. The summed E-state index contributed by atoms with van der Waals surface area (Å²) in [5, 5.41) is 12.3. The van der Waals surface area contributed by atoms with Gasteiger partial charge in [-0.25, -0.2) is 4.39 Å². The summed E-state index contributed by atoms with van der Waals surface area (Å²) in [6.07, 6.45) is 1.82. The number of nitrogens with zero attached hydrogens (tertiary/aromatic N) is 6. The fourth-order valence-electron chi connectivity index (χ4n) is 3.36. The van der Waals surface area contributed by atoms with Gasteiger partial charge in [0, 0.05) is 38.9 Å². The predicted molar refractivity (Wildman–Crippen MR) is 100 cm³/mol. The molecule has 9 heteroatoms. The third-order valence-electron chi connectivity index (χ3n) is 4.87. The third kappa shape index (κ3) is 3.79. The zero-order valence-corrected chi connectivity index (χ0v) is 15.6. The maximum atomic E-state index is 13.7. The molecule has 1 aliphatic heterocycles. The summed E-state index contributed by atoms with van der Waals surface area (Å²) in [6.45, 7) is 2.82. The van der Waals surface area contributed by atoms with E-state index in [2.05, 4.69) is 20.2 Å². The first-order chi connectivity index (χ1) is 13.6. The SMILES string of the molecule is COCc1cc(CC(=O)N2CCN(c3ccc4nncn4n3)CC2)ccc1F. The Bertz CT molecular complexity index is 983. The van der Waals surface area contributed by atoms with Crippen LogP contribution in [0.3, 0.4) is 0 Å². The third-order valence-corrected chi connectivity index (χ3v) is 4.87. The highest BCUT2D eigenvalue weighted by molar-refractivity contribution is 5.79. The van der Waals surface area contributed by atoms with E-state index in [1.807, 2.05) is 17.0 Å². The number of carbonyl (C=O) groups is 1. The fourth-order valence-corrected chi connectivity index (χ4v) is 3.36. The highest BCUT2D eigenvalue weighted by Crippen LogP contribution is 2.16. The van der Waals surface area contributed by atoms with Crippen molar-refractivity contribution in [2.75, 3.05) is 38.2 Å². The van der Waals surface area contributed by atoms with Crippen LogP contribution < -0.4 is 4.90 Å². The molecule has 0 atom stereocenters. The van der Waals surface area contributed by atoms with E-state index in [9.17, 15) is 9.18 Å². The van der Waals surface area contributed by atoms with E-state index < -0.39 is 0 Å². The normalized spacial score (nSPS) is 14.6. The number of anilines is 1. The molecule has 3 aromatic rings. The zero-order valence-electron chi connectivity index (χ0n) is 15.6. The summed E-state index contributed by atoms with van der Waals surface area (Å²) >= 11 is 0. The molecule has 1 saturated heterocycles. The molecule has 4 rings (SSSR count). The van der Waals surface area contributed by atoms with Crippen LogP contribution in [0.2, 0.25) is 0 Å². The smallest absolute Gasteiger partial charge is 0.227 e. The van der Waals surface area contributed by atoms with Crippen molar-refractivity contribution in [2.45, 2.75) is 13.0 Å². The average molecular weight is 384 g/mol. The lowest BCUT2D eigenvalue weighted by atomic mass is 10.1. The van der Waals surface area contributed by atoms with Gasteiger partial charge in [-0.2, -0.15) is 4.52 Å². The summed E-state index contributed by atoms with van der Waals surface area (Å²) in [4.78, 5) is 16.6. The number of piperazine rings is 1. The van der Waals surface area contributed by atoms with Gasteiger partial charge in [0.2, 0.25) is 5.91 Å². The van der Waals surface area contributed by atoms with Gasteiger partial charge in [0.05, 0.1) is 13.0 Å². The van der Waals surface area contributed by atoms with Gasteiger partial charge >= 0.3 is 0 Å². The quantitative estimate of drug-likeness (QED) is 0.660. The first-order valence-electron chi connectivity index (χ1n) is 9.10. The minimum atomic E-state index is -0.316. The first-order valence-corrected chi connectivity index (χ1v) is 9.10. The number of hydrogen-bond acceptors (Lipinski definition) is 6. The Balaban J connectivity index is 1.36. The van der Waals surface area contributed by atoms with Crippen LogP contribution in [0, 0.1) is 5.82 Å². The molecule has 3 heterocycles. The van der Waals surface area contributed by atoms with Crippen molar-refractivity contribution < 1.29 is 13.9 Å². The number of rotatable bonds is 5. The molecular formula is C19H21FN6O2. The van der Waals surface area contributed by atoms with Crippen LogP contribution >= 0.6 is 0 Å². The van der Waals surface area contributed by atoms with E-state index in [0.717, 1.165) is 11.4 Å². The number of carbonyl (C=O) groups excluding carboxylic acids is 1. The van der Waals surface area contributed by atoms with Crippen LogP contribution in [0.25, 0.3) is 5.65 Å². The second-order valence-electron chi connectivity index (χ2n) is 6.73. The number of halogens is 1. The number of ether oxygens (including phenoxy) is 1. The molecule has 0 saturated carbocycles. The monoisotopic (exact) mass is 384 g/mol. The van der Waals surface area contributed by atoms with Crippen molar-refractivity contribution >= 4 is 17.4 Å². The fraction of sp³-hybridized carbons (Fsp3) is 0.368. The Hall–Kier alpha value is -3.07. The highest BCUT2D eigenvalue weighted by Gasteiger charge is 2.22. The number of amides is 1. The van der Waals surface area contributed by atoms with Gasteiger partial charge in [-0.15, -0.1) is 15.3 Å². The van der Waals surface area contributed by atoms with Crippen LogP contribution in [-0.2, 0) is 22.6 Å². The summed E-state index contributed by atoms with van der Waals surface area (Å²) in [6, 6.07) is 8.53. The van der Waals surface area contributed by atoms with Crippen molar-refractivity contribution in [1.82, 2.24) is 24.7 Å². The number of benzene rings is 1. The van der Waals surface area contributed by atoms with E-state index in [0.29, 0.717) is 37.4 Å². The molecule has 0 aliphatic carbocycles. The Labute approximate surface area is 161 Å². The maximum Gasteiger partial charge on any atom is 0.227 e. The van der Waals surface area contributed by atoms with Gasteiger partial charge in [0.25, 0.3) is 0 Å². The Morgan fingerprint density at radius 3 is 2.79 bits per heavy atom. The van der Waals surface area contributed by atoms with E-state index in [4.69, 9.17) is 4.74 Å². The molecule has 0 N–H and O–H groups in total. The van der Waals surface area contributed by atoms with Gasteiger partial charge < -0.3 is 14.5 Å². The number of methoxy groups -OCH3 is 1. The Kier molecular flexibility index (Phi) is 5.16. The van der Waals surface area contributed by atoms with Gasteiger partial charge in [-0.05, 0) is 23.8 Å². The molecule has 28 heavy (non-hydrogen) atoms. The molecule has 0 unspecified atom stereocenters. The molecule has 0 bridgehead atoms. The molecule has 0 spiro atoms. The van der Waals surface area contributed by atoms with Gasteiger partial charge in [0.1, 0.15) is 18.0 Å². The average Bonchev–Trinajstić information content (AvgIpc) is 3.18. The summed E-state index contributed by atoms with van der Waals surface area (Å²) in [5.41, 5.74) is 1.96. The molecule has 1 aromatic carbocycles. The van der Waals surface area contributed by atoms with Gasteiger partial charge in [0.15, 0.2) is 5.65 Å². The minimum absolute atomic E-state index is 0.0387. The van der Waals surface area contributed by atoms with Crippen LogP contribution in [0.4, 0.5) is 10.2 Å². The highest BCUT2D eigenvalue weighted by atomic mass is 19.1. The molecule has 1 aliphatic rings. The van der Waals surface area contributed by atoms with Crippen molar-refractivity contribution in [3.05, 3.63) is 53.6 Å². The lowest BCUT2D eigenvalue weighted by Gasteiger charge is -2.35. The number of aromatic nitrogens is 4. The summed E-state index contributed by atoms with van der Waals surface area (Å²) < 4.78 is 20.4. The lowest BCUT2D eigenvalue weighted by molar-refractivity contribution is -0.130. The van der Waals surface area contributed by atoms with E-state index >= 15 is 0 Å². The van der Waals surface area contributed by atoms with Crippen molar-refractivity contribution in [3.63, 3.8) is 0 Å². The summed E-state index contributed by atoms with van der Waals surface area (Å²) in [7, 11) is 1.52. The molecule has 2 aromatic heterocycles. The topological polar surface area (TPSA) is 75.9 Å². The number of fused-ring (bicyclic) bond motifs is 1. The van der Waals surface area contributed by atoms with E-state index in [1.165, 1.54) is 13.2 Å².